The average molecular weight is 428 g/mol. The van der Waals surface area contributed by atoms with Crippen molar-refractivity contribution in [2.45, 2.75) is 12.5 Å². The van der Waals surface area contributed by atoms with E-state index in [1.54, 1.807) is 18.2 Å². The van der Waals surface area contributed by atoms with Crippen LogP contribution in [0.3, 0.4) is 0 Å². The number of rotatable bonds is 4. The van der Waals surface area contributed by atoms with E-state index in [2.05, 4.69) is 15.6 Å². The second-order valence-corrected chi connectivity index (χ2v) is 7.18. The monoisotopic (exact) mass is 426 g/mol. The summed E-state index contributed by atoms with van der Waals surface area (Å²) < 4.78 is 0. The van der Waals surface area contributed by atoms with Crippen LogP contribution in [0.5, 0.6) is 0 Å². The molecule has 1 aliphatic heterocycles. The maximum atomic E-state index is 12.7. The molecule has 0 saturated carbocycles. The SMILES string of the molecule is CC1(c2ccccn2)NC(=O)N(CC(=O)Nc2cc(Cl)c(Cl)cc2Cl)C1=O. The minimum Gasteiger partial charge on any atom is -0.323 e. The van der Waals surface area contributed by atoms with Crippen LogP contribution >= 0.6 is 34.8 Å². The van der Waals surface area contributed by atoms with Gasteiger partial charge in [0.15, 0.2) is 5.54 Å². The van der Waals surface area contributed by atoms with Gasteiger partial charge in [0.1, 0.15) is 6.54 Å². The molecule has 0 bridgehead atoms. The van der Waals surface area contributed by atoms with Crippen LogP contribution in [0.4, 0.5) is 10.5 Å². The quantitative estimate of drug-likeness (QED) is 0.577. The van der Waals surface area contributed by atoms with E-state index in [1.165, 1.54) is 25.3 Å². The van der Waals surface area contributed by atoms with Crippen molar-refractivity contribution < 1.29 is 14.4 Å². The number of urea groups is 1. The molecule has 1 saturated heterocycles. The van der Waals surface area contributed by atoms with Gasteiger partial charge in [-0.1, -0.05) is 40.9 Å². The van der Waals surface area contributed by atoms with E-state index in [-0.39, 0.29) is 20.8 Å². The van der Waals surface area contributed by atoms with Crippen LogP contribution < -0.4 is 10.6 Å². The minimum absolute atomic E-state index is 0.174. The van der Waals surface area contributed by atoms with Crippen LogP contribution in [-0.4, -0.2) is 34.3 Å². The molecule has 140 valence electrons. The smallest absolute Gasteiger partial charge is 0.323 e. The first kappa shape index (κ1) is 19.4. The van der Waals surface area contributed by atoms with Gasteiger partial charge in [0.2, 0.25) is 5.91 Å². The highest BCUT2D eigenvalue weighted by atomic mass is 35.5. The number of nitrogens with zero attached hydrogens (tertiary/aromatic N) is 2. The van der Waals surface area contributed by atoms with Crippen LogP contribution in [0.25, 0.3) is 0 Å². The minimum atomic E-state index is -1.35. The molecule has 1 unspecified atom stereocenters. The number of hydrogen-bond acceptors (Lipinski definition) is 4. The van der Waals surface area contributed by atoms with E-state index in [4.69, 9.17) is 34.8 Å². The predicted molar refractivity (Wildman–Crippen MR) is 102 cm³/mol. The molecule has 1 atom stereocenters. The van der Waals surface area contributed by atoms with E-state index in [9.17, 15) is 14.4 Å². The molecule has 0 aliphatic carbocycles. The van der Waals surface area contributed by atoms with E-state index in [1.807, 2.05) is 0 Å². The van der Waals surface area contributed by atoms with E-state index >= 15 is 0 Å². The molecule has 27 heavy (non-hydrogen) atoms. The summed E-state index contributed by atoms with van der Waals surface area (Å²) in [5.74, 6) is -1.20. The number of anilines is 1. The second-order valence-electron chi connectivity index (χ2n) is 5.96. The molecule has 2 heterocycles. The maximum Gasteiger partial charge on any atom is 0.325 e. The van der Waals surface area contributed by atoms with Gasteiger partial charge in [-0.05, 0) is 31.2 Å². The molecule has 1 aliphatic rings. The Balaban J connectivity index is 1.76. The molecule has 1 aromatic heterocycles. The molecule has 1 fully saturated rings. The van der Waals surface area contributed by atoms with Gasteiger partial charge < -0.3 is 10.6 Å². The summed E-state index contributed by atoms with van der Waals surface area (Å²) in [6.07, 6.45) is 1.52. The first-order valence-electron chi connectivity index (χ1n) is 7.72. The average Bonchev–Trinajstić information content (AvgIpc) is 2.84. The molecular weight excluding hydrogens is 415 g/mol. The van der Waals surface area contributed by atoms with Gasteiger partial charge in [-0.3, -0.25) is 19.5 Å². The van der Waals surface area contributed by atoms with Crippen molar-refractivity contribution in [1.82, 2.24) is 15.2 Å². The highest BCUT2D eigenvalue weighted by molar-refractivity contribution is 6.44. The van der Waals surface area contributed by atoms with Gasteiger partial charge in [0.05, 0.1) is 26.4 Å². The molecule has 2 aromatic rings. The topological polar surface area (TPSA) is 91.4 Å². The molecule has 4 amide bonds. The van der Waals surface area contributed by atoms with Crippen molar-refractivity contribution in [2.24, 2.45) is 0 Å². The van der Waals surface area contributed by atoms with Gasteiger partial charge in [-0.25, -0.2) is 4.79 Å². The number of halogens is 3. The Labute approximate surface area is 169 Å². The van der Waals surface area contributed by atoms with Gasteiger partial charge >= 0.3 is 6.03 Å². The summed E-state index contributed by atoms with van der Waals surface area (Å²) in [5.41, 5.74) is -0.755. The van der Waals surface area contributed by atoms with Gasteiger partial charge in [0, 0.05) is 6.20 Å². The number of carbonyl (C=O) groups is 3. The number of benzene rings is 1. The third kappa shape index (κ3) is 3.71. The van der Waals surface area contributed by atoms with Gasteiger partial charge in [-0.2, -0.15) is 0 Å². The molecule has 7 nitrogen and oxygen atoms in total. The summed E-state index contributed by atoms with van der Waals surface area (Å²) in [6.45, 7) is 1.03. The lowest BCUT2D eigenvalue weighted by molar-refractivity contribution is -0.133. The predicted octanol–water partition coefficient (Wildman–Crippen LogP) is 3.45. The number of amides is 4. The van der Waals surface area contributed by atoms with Crippen molar-refractivity contribution in [3.63, 3.8) is 0 Å². The number of pyridine rings is 1. The first-order valence-corrected chi connectivity index (χ1v) is 8.86. The first-order chi connectivity index (χ1) is 12.7. The fourth-order valence-corrected chi connectivity index (χ4v) is 3.22. The fourth-order valence-electron chi connectivity index (χ4n) is 2.62. The second kappa shape index (κ2) is 7.34. The Morgan fingerprint density at radius 2 is 1.89 bits per heavy atom. The van der Waals surface area contributed by atoms with Crippen LogP contribution in [0.1, 0.15) is 12.6 Å². The van der Waals surface area contributed by atoms with Crippen molar-refractivity contribution in [1.29, 1.82) is 0 Å². The fraction of sp³-hybridized carbons (Fsp3) is 0.176. The largest absolute Gasteiger partial charge is 0.325 e. The number of carbonyl (C=O) groups excluding carboxylic acids is 3. The van der Waals surface area contributed by atoms with E-state index < -0.39 is 29.9 Å². The van der Waals surface area contributed by atoms with Gasteiger partial charge in [0.25, 0.3) is 5.91 Å². The van der Waals surface area contributed by atoms with Crippen molar-refractivity contribution in [3.8, 4) is 0 Å². The number of imide groups is 1. The van der Waals surface area contributed by atoms with Gasteiger partial charge in [-0.15, -0.1) is 0 Å². The summed E-state index contributed by atoms with van der Waals surface area (Å²) in [5, 5.41) is 5.70. The Bertz CT molecular complexity index is 939. The lowest BCUT2D eigenvalue weighted by Crippen LogP contribution is -2.42. The molecule has 3 rings (SSSR count). The Morgan fingerprint density at radius 3 is 2.56 bits per heavy atom. The molecule has 0 spiro atoms. The zero-order valence-corrected chi connectivity index (χ0v) is 16.2. The standard InChI is InChI=1S/C17H13Cl3N4O3/c1-17(13-4-2-3-5-21-13)15(26)24(16(27)23-17)8-14(25)22-12-7-10(19)9(18)6-11(12)20/h2-7H,8H2,1H3,(H,22,25)(H,23,27). The van der Waals surface area contributed by atoms with Crippen LogP contribution in [0, 0.1) is 0 Å². The maximum absolute atomic E-state index is 12.7. The summed E-state index contributed by atoms with van der Waals surface area (Å²) in [6, 6.07) is 7.09. The highest BCUT2D eigenvalue weighted by Gasteiger charge is 2.50. The van der Waals surface area contributed by atoms with E-state index in [0.717, 1.165) is 4.90 Å². The van der Waals surface area contributed by atoms with Crippen molar-refractivity contribution in [3.05, 3.63) is 57.3 Å². The van der Waals surface area contributed by atoms with Crippen LogP contribution in [0.2, 0.25) is 15.1 Å². The number of nitrogens with one attached hydrogen (secondary N) is 2. The van der Waals surface area contributed by atoms with Crippen molar-refractivity contribution >= 4 is 58.3 Å². The Kier molecular flexibility index (Phi) is 5.28. The lowest BCUT2D eigenvalue weighted by atomic mass is 9.97. The van der Waals surface area contributed by atoms with Crippen LogP contribution in [0.15, 0.2) is 36.5 Å². The van der Waals surface area contributed by atoms with E-state index in [0.29, 0.717) is 5.69 Å². The third-order valence-electron chi connectivity index (χ3n) is 4.04. The molecule has 10 heteroatoms. The molecule has 1 aromatic carbocycles. The summed E-state index contributed by atoms with van der Waals surface area (Å²) in [4.78, 5) is 42.3. The van der Waals surface area contributed by atoms with Crippen molar-refractivity contribution in [2.75, 3.05) is 11.9 Å². The third-order valence-corrected chi connectivity index (χ3v) is 5.07. The lowest BCUT2D eigenvalue weighted by Gasteiger charge is -2.20. The number of aromatic nitrogens is 1. The summed E-state index contributed by atoms with van der Waals surface area (Å²) >= 11 is 17.8. The zero-order chi connectivity index (χ0) is 19.8. The Hall–Kier alpha value is -2.35. The molecular formula is C17H13Cl3N4O3. The normalized spacial score (nSPS) is 19.2. The molecule has 0 radical (unpaired) electrons. The Morgan fingerprint density at radius 1 is 1.19 bits per heavy atom. The number of hydrogen-bond donors (Lipinski definition) is 2. The highest BCUT2D eigenvalue weighted by Crippen LogP contribution is 2.32. The summed E-state index contributed by atoms with van der Waals surface area (Å²) in [7, 11) is 0. The zero-order valence-electron chi connectivity index (χ0n) is 13.9. The van der Waals surface area contributed by atoms with Crippen LogP contribution in [-0.2, 0) is 15.1 Å². The molecule has 2 N–H and O–H groups in total.